The number of fused-ring (bicyclic) bond motifs is 1. The molecule has 2 aromatic carbocycles. The second-order valence-corrected chi connectivity index (χ2v) is 8.11. The van der Waals surface area contributed by atoms with Crippen LogP contribution in [-0.2, 0) is 25.3 Å². The minimum absolute atomic E-state index is 0.133. The molecule has 0 atom stereocenters. The van der Waals surface area contributed by atoms with Crippen molar-refractivity contribution in [3.63, 3.8) is 0 Å². The van der Waals surface area contributed by atoms with Gasteiger partial charge in [-0.3, -0.25) is 18.7 Å². The van der Waals surface area contributed by atoms with Crippen LogP contribution in [0.4, 0.5) is 13.9 Å². The van der Waals surface area contributed by atoms with Gasteiger partial charge in [-0.05, 0) is 23.8 Å². The standard InChI is InChI=1S/C22H18F2N4O4S/c1-27-16-6-4-5-11(18(16)20(30)28(2)22(27)31)9-17(29)26-21-25-15(10-33-21)12-7-13(23)19(32-3)14(24)8-12/h4-8,10H,9H2,1-3H3,(H,25,26,29). The van der Waals surface area contributed by atoms with Crippen molar-refractivity contribution >= 4 is 33.3 Å². The van der Waals surface area contributed by atoms with Crippen LogP contribution in [0.15, 0.2) is 45.3 Å². The molecule has 11 heteroatoms. The van der Waals surface area contributed by atoms with Crippen LogP contribution < -0.4 is 21.3 Å². The number of thiazole rings is 1. The van der Waals surface area contributed by atoms with Crippen LogP contribution in [0.3, 0.4) is 0 Å². The minimum atomic E-state index is -0.863. The Morgan fingerprint density at radius 3 is 2.52 bits per heavy atom. The monoisotopic (exact) mass is 472 g/mol. The summed E-state index contributed by atoms with van der Waals surface area (Å²) in [4.78, 5) is 41.7. The number of carbonyl (C=O) groups excluding carboxylic acids is 1. The number of aromatic nitrogens is 3. The zero-order chi connectivity index (χ0) is 23.9. The molecule has 2 heterocycles. The largest absolute Gasteiger partial charge is 0.491 e. The molecule has 0 fully saturated rings. The predicted octanol–water partition coefficient (Wildman–Crippen LogP) is 2.83. The molecule has 0 aliphatic rings. The van der Waals surface area contributed by atoms with Gasteiger partial charge in [0, 0.05) is 25.0 Å². The zero-order valence-electron chi connectivity index (χ0n) is 17.8. The van der Waals surface area contributed by atoms with E-state index in [0.29, 0.717) is 11.1 Å². The van der Waals surface area contributed by atoms with Gasteiger partial charge in [0.15, 0.2) is 22.5 Å². The third-order valence-electron chi connectivity index (χ3n) is 5.18. The van der Waals surface area contributed by atoms with E-state index in [1.54, 1.807) is 30.6 Å². The molecule has 0 unspecified atom stereocenters. The first-order chi connectivity index (χ1) is 15.7. The van der Waals surface area contributed by atoms with Crippen molar-refractivity contribution in [2.75, 3.05) is 12.4 Å². The number of methoxy groups -OCH3 is 1. The number of aryl methyl sites for hydroxylation is 1. The summed E-state index contributed by atoms with van der Waals surface area (Å²) in [6, 6.07) is 7.14. The van der Waals surface area contributed by atoms with Gasteiger partial charge >= 0.3 is 5.69 Å². The quantitative estimate of drug-likeness (QED) is 0.482. The number of halogens is 2. The molecule has 0 saturated heterocycles. The molecule has 0 aliphatic carbocycles. The molecule has 1 amide bonds. The first-order valence-electron chi connectivity index (χ1n) is 9.67. The Morgan fingerprint density at radius 1 is 1.15 bits per heavy atom. The number of hydrogen-bond acceptors (Lipinski definition) is 6. The number of anilines is 1. The van der Waals surface area contributed by atoms with Gasteiger partial charge in [0.1, 0.15) is 0 Å². The van der Waals surface area contributed by atoms with E-state index < -0.39 is 34.5 Å². The number of benzene rings is 2. The Morgan fingerprint density at radius 2 is 1.85 bits per heavy atom. The summed E-state index contributed by atoms with van der Waals surface area (Å²) in [5, 5.41) is 4.70. The summed E-state index contributed by atoms with van der Waals surface area (Å²) in [6.45, 7) is 0. The van der Waals surface area contributed by atoms with Crippen molar-refractivity contribution in [3.05, 3.63) is 73.7 Å². The molecule has 0 spiro atoms. The lowest BCUT2D eigenvalue weighted by molar-refractivity contribution is -0.115. The lowest BCUT2D eigenvalue weighted by Gasteiger charge is -2.11. The Labute approximate surface area is 189 Å². The van der Waals surface area contributed by atoms with Crippen LogP contribution >= 0.6 is 11.3 Å². The van der Waals surface area contributed by atoms with Crippen molar-refractivity contribution in [1.82, 2.24) is 14.1 Å². The van der Waals surface area contributed by atoms with E-state index in [1.807, 2.05) is 0 Å². The number of ether oxygens (including phenoxy) is 1. The first kappa shape index (κ1) is 22.3. The highest BCUT2D eigenvalue weighted by molar-refractivity contribution is 7.14. The number of carbonyl (C=O) groups is 1. The Bertz CT molecular complexity index is 1500. The zero-order valence-corrected chi connectivity index (χ0v) is 18.6. The highest BCUT2D eigenvalue weighted by Gasteiger charge is 2.17. The molecule has 2 aromatic heterocycles. The summed E-state index contributed by atoms with van der Waals surface area (Å²) in [5.41, 5.74) is 0.406. The van der Waals surface area contributed by atoms with Crippen LogP contribution in [0.5, 0.6) is 5.75 Å². The average Bonchev–Trinajstić information content (AvgIpc) is 3.24. The SMILES string of the molecule is COc1c(F)cc(-c2csc(NC(=O)Cc3cccc4c3c(=O)n(C)c(=O)n4C)n2)cc1F. The lowest BCUT2D eigenvalue weighted by Crippen LogP contribution is -2.37. The summed E-state index contributed by atoms with van der Waals surface area (Å²) >= 11 is 1.09. The molecule has 4 aromatic rings. The van der Waals surface area contributed by atoms with Crippen LogP contribution in [0.1, 0.15) is 5.56 Å². The molecule has 0 bridgehead atoms. The highest BCUT2D eigenvalue weighted by atomic mass is 32.1. The second kappa shape index (κ2) is 8.58. The fraction of sp³-hybridized carbons (Fsp3) is 0.182. The van der Waals surface area contributed by atoms with E-state index >= 15 is 0 Å². The third kappa shape index (κ3) is 4.02. The topological polar surface area (TPSA) is 95.2 Å². The fourth-order valence-electron chi connectivity index (χ4n) is 3.55. The molecule has 170 valence electrons. The van der Waals surface area contributed by atoms with Gasteiger partial charge < -0.3 is 10.1 Å². The van der Waals surface area contributed by atoms with Crippen LogP contribution in [0.2, 0.25) is 0 Å². The number of amides is 1. The van der Waals surface area contributed by atoms with E-state index in [9.17, 15) is 23.2 Å². The second-order valence-electron chi connectivity index (χ2n) is 7.25. The summed E-state index contributed by atoms with van der Waals surface area (Å²) in [6.07, 6.45) is -0.133. The van der Waals surface area contributed by atoms with Gasteiger partial charge in [0.2, 0.25) is 5.91 Å². The highest BCUT2D eigenvalue weighted by Crippen LogP contribution is 2.30. The van der Waals surface area contributed by atoms with Crippen molar-refractivity contribution in [1.29, 1.82) is 0 Å². The Hall–Kier alpha value is -3.86. The van der Waals surface area contributed by atoms with Crippen molar-refractivity contribution in [2.45, 2.75) is 6.42 Å². The number of nitrogens with zero attached hydrogens (tertiary/aromatic N) is 3. The smallest absolute Gasteiger partial charge is 0.330 e. The minimum Gasteiger partial charge on any atom is -0.491 e. The van der Waals surface area contributed by atoms with Crippen LogP contribution in [0.25, 0.3) is 22.2 Å². The van der Waals surface area contributed by atoms with E-state index in [2.05, 4.69) is 15.0 Å². The molecule has 0 saturated carbocycles. The predicted molar refractivity (Wildman–Crippen MR) is 121 cm³/mol. The number of hydrogen-bond donors (Lipinski definition) is 1. The summed E-state index contributed by atoms with van der Waals surface area (Å²) < 4.78 is 35.0. The van der Waals surface area contributed by atoms with Gasteiger partial charge in [-0.15, -0.1) is 11.3 Å². The van der Waals surface area contributed by atoms with Crippen LogP contribution in [-0.4, -0.2) is 27.1 Å². The molecule has 0 aliphatic heterocycles. The van der Waals surface area contributed by atoms with Crippen molar-refractivity contribution in [3.8, 4) is 17.0 Å². The van der Waals surface area contributed by atoms with Gasteiger partial charge in [-0.25, -0.2) is 18.6 Å². The summed E-state index contributed by atoms with van der Waals surface area (Å²) in [7, 11) is 4.10. The Kier molecular flexibility index (Phi) is 5.81. The van der Waals surface area contributed by atoms with Gasteiger partial charge in [-0.1, -0.05) is 12.1 Å². The maximum Gasteiger partial charge on any atom is 0.330 e. The summed E-state index contributed by atoms with van der Waals surface area (Å²) in [5.74, 6) is -2.65. The fourth-order valence-corrected chi connectivity index (χ4v) is 4.28. The number of rotatable bonds is 5. The van der Waals surface area contributed by atoms with Gasteiger partial charge in [0.25, 0.3) is 5.56 Å². The van der Waals surface area contributed by atoms with E-state index in [0.717, 1.165) is 28.0 Å². The van der Waals surface area contributed by atoms with Gasteiger partial charge in [0.05, 0.1) is 30.1 Å². The van der Waals surface area contributed by atoms with E-state index in [1.165, 1.54) is 18.7 Å². The molecular formula is C22H18F2N4O4S. The van der Waals surface area contributed by atoms with Crippen molar-refractivity contribution in [2.24, 2.45) is 14.1 Å². The Balaban J connectivity index is 1.59. The van der Waals surface area contributed by atoms with Crippen LogP contribution in [0, 0.1) is 11.6 Å². The molecule has 33 heavy (non-hydrogen) atoms. The van der Waals surface area contributed by atoms with Crippen molar-refractivity contribution < 1.29 is 18.3 Å². The maximum absolute atomic E-state index is 14.0. The molecule has 4 rings (SSSR count). The number of nitrogens with one attached hydrogen (secondary N) is 1. The van der Waals surface area contributed by atoms with E-state index in [4.69, 9.17) is 0 Å². The molecule has 8 nitrogen and oxygen atoms in total. The maximum atomic E-state index is 14.0. The first-order valence-corrected chi connectivity index (χ1v) is 10.6. The molecule has 0 radical (unpaired) electrons. The van der Waals surface area contributed by atoms with E-state index in [-0.39, 0.29) is 28.2 Å². The molecule has 1 N–H and O–H groups in total. The van der Waals surface area contributed by atoms with Gasteiger partial charge in [-0.2, -0.15) is 0 Å². The normalized spacial score (nSPS) is 11.1. The average molecular weight is 472 g/mol. The lowest BCUT2D eigenvalue weighted by atomic mass is 10.1. The third-order valence-corrected chi connectivity index (χ3v) is 5.94. The molecular weight excluding hydrogens is 454 g/mol.